The van der Waals surface area contributed by atoms with Gasteiger partial charge in [0.15, 0.2) is 0 Å². The van der Waals surface area contributed by atoms with Crippen molar-refractivity contribution in [1.29, 1.82) is 0 Å². The van der Waals surface area contributed by atoms with Crippen molar-refractivity contribution in [3.8, 4) is 0 Å². The first-order valence-electron chi connectivity index (χ1n) is 6.07. The first-order valence-corrected chi connectivity index (χ1v) is 6.07. The monoisotopic (exact) mass is 244 g/mol. The molecule has 0 aromatic rings. The highest BCUT2D eigenvalue weighted by Crippen LogP contribution is 2.20. The van der Waals surface area contributed by atoms with Crippen LogP contribution in [0.5, 0.6) is 0 Å². The molecule has 0 atom stereocenters. The van der Waals surface area contributed by atoms with Crippen molar-refractivity contribution in [1.82, 2.24) is 0 Å². The molecule has 0 radical (unpaired) electrons. The first kappa shape index (κ1) is 15.9. The average molecular weight is 244 g/mol. The van der Waals surface area contributed by atoms with E-state index >= 15 is 0 Å². The molecule has 0 unspecified atom stereocenters. The van der Waals surface area contributed by atoms with Gasteiger partial charge in [-0.3, -0.25) is 9.59 Å². The quantitative estimate of drug-likeness (QED) is 0.665. The van der Waals surface area contributed by atoms with Gasteiger partial charge in [-0.05, 0) is 46.5 Å². The summed E-state index contributed by atoms with van der Waals surface area (Å²) in [5, 5.41) is 0. The molecule has 0 amide bonds. The van der Waals surface area contributed by atoms with Gasteiger partial charge in [-0.1, -0.05) is 0 Å². The van der Waals surface area contributed by atoms with Crippen LogP contribution in [0.1, 0.15) is 60.3 Å². The molecule has 0 aromatic carbocycles. The normalized spacial score (nSPS) is 15.8. The Morgan fingerprint density at radius 3 is 1.71 bits per heavy atom. The molecule has 1 fully saturated rings. The fourth-order valence-electron chi connectivity index (χ4n) is 1.67. The Balaban J connectivity index is 0.000000304. The fraction of sp³-hybridized carbons (Fsp3) is 0.846. The number of hydrogen-bond acceptors (Lipinski definition) is 4. The molecule has 100 valence electrons. The van der Waals surface area contributed by atoms with E-state index in [9.17, 15) is 9.59 Å². The van der Waals surface area contributed by atoms with Crippen molar-refractivity contribution in [2.24, 2.45) is 0 Å². The number of hydrogen-bond donors (Lipinski definition) is 0. The Labute approximate surface area is 104 Å². The predicted molar refractivity (Wildman–Crippen MR) is 65.5 cm³/mol. The van der Waals surface area contributed by atoms with Gasteiger partial charge in [-0.15, -0.1) is 0 Å². The van der Waals surface area contributed by atoms with Crippen molar-refractivity contribution in [3.63, 3.8) is 0 Å². The zero-order valence-corrected chi connectivity index (χ0v) is 11.5. The average Bonchev–Trinajstić information content (AvgIpc) is 2.51. The molecule has 17 heavy (non-hydrogen) atoms. The first-order chi connectivity index (χ1) is 7.70. The van der Waals surface area contributed by atoms with Gasteiger partial charge >= 0.3 is 11.9 Å². The number of ether oxygens (including phenoxy) is 2. The van der Waals surface area contributed by atoms with Gasteiger partial charge in [0, 0.05) is 13.8 Å². The number of carbonyl (C=O) groups excluding carboxylic acids is 2. The van der Waals surface area contributed by atoms with E-state index in [4.69, 9.17) is 9.47 Å². The van der Waals surface area contributed by atoms with Crippen molar-refractivity contribution >= 4 is 11.9 Å². The van der Waals surface area contributed by atoms with Crippen LogP contribution < -0.4 is 0 Å². The van der Waals surface area contributed by atoms with Crippen molar-refractivity contribution in [2.45, 2.75) is 72.0 Å². The van der Waals surface area contributed by atoms with Crippen molar-refractivity contribution in [2.75, 3.05) is 0 Å². The lowest BCUT2D eigenvalue weighted by molar-refractivity contribution is -0.152. The van der Waals surface area contributed by atoms with Crippen LogP contribution in [0.3, 0.4) is 0 Å². The lowest BCUT2D eigenvalue weighted by Crippen LogP contribution is -2.21. The van der Waals surface area contributed by atoms with Gasteiger partial charge in [0.05, 0.1) is 0 Å². The highest BCUT2D eigenvalue weighted by atomic mass is 16.6. The third-order valence-corrected chi connectivity index (χ3v) is 2.08. The van der Waals surface area contributed by atoms with E-state index in [0.29, 0.717) is 0 Å². The summed E-state index contributed by atoms with van der Waals surface area (Å²) in [5.74, 6) is -0.362. The zero-order valence-electron chi connectivity index (χ0n) is 11.5. The van der Waals surface area contributed by atoms with Crippen molar-refractivity contribution < 1.29 is 19.1 Å². The number of rotatable bonds is 1. The largest absolute Gasteiger partial charge is 0.463 e. The van der Waals surface area contributed by atoms with Gasteiger partial charge in [0.25, 0.3) is 0 Å². The lowest BCUT2D eigenvalue weighted by atomic mass is 10.2. The summed E-state index contributed by atoms with van der Waals surface area (Å²) in [5.41, 5.74) is -0.328. The van der Waals surface area contributed by atoms with Crippen LogP contribution in [0.2, 0.25) is 0 Å². The minimum atomic E-state index is -0.328. The fourth-order valence-corrected chi connectivity index (χ4v) is 1.67. The van der Waals surface area contributed by atoms with Crippen molar-refractivity contribution in [3.05, 3.63) is 0 Å². The van der Waals surface area contributed by atoms with Crippen LogP contribution in [-0.2, 0) is 19.1 Å². The summed E-state index contributed by atoms with van der Waals surface area (Å²) < 4.78 is 9.77. The Morgan fingerprint density at radius 1 is 1.00 bits per heavy atom. The van der Waals surface area contributed by atoms with E-state index in [1.54, 1.807) is 0 Å². The Kier molecular flexibility index (Phi) is 6.85. The van der Waals surface area contributed by atoms with E-state index in [1.165, 1.54) is 26.7 Å². The summed E-state index contributed by atoms with van der Waals surface area (Å²) in [4.78, 5) is 20.6. The minimum absolute atomic E-state index is 0.137. The summed E-state index contributed by atoms with van der Waals surface area (Å²) in [7, 11) is 0. The Bertz CT molecular complexity index is 247. The van der Waals surface area contributed by atoms with Gasteiger partial charge in [0.2, 0.25) is 0 Å². The summed E-state index contributed by atoms with van der Waals surface area (Å²) in [6.45, 7) is 8.40. The van der Waals surface area contributed by atoms with Gasteiger partial charge in [-0.2, -0.15) is 0 Å². The molecule has 0 N–H and O–H groups in total. The summed E-state index contributed by atoms with van der Waals surface area (Å²) in [6.07, 6.45) is 4.82. The van der Waals surface area contributed by atoms with Gasteiger partial charge < -0.3 is 9.47 Å². The summed E-state index contributed by atoms with van der Waals surface area (Å²) in [6, 6.07) is 0. The Hall–Kier alpha value is -1.06. The van der Waals surface area contributed by atoms with Crippen LogP contribution in [0.4, 0.5) is 0 Å². The molecule has 1 aliphatic rings. The van der Waals surface area contributed by atoms with E-state index in [2.05, 4.69) is 0 Å². The standard InChI is InChI=1S/C7H12O2.C6H12O2/c1-6(8)9-7-4-2-3-5-7;1-5(7)8-6(2,3)4/h7H,2-5H2,1H3;1-4H3. The van der Waals surface area contributed by atoms with Crippen LogP contribution >= 0.6 is 0 Å². The second kappa shape index (κ2) is 7.30. The highest BCUT2D eigenvalue weighted by Gasteiger charge is 2.16. The van der Waals surface area contributed by atoms with E-state index in [1.807, 2.05) is 20.8 Å². The Morgan fingerprint density at radius 2 is 1.47 bits per heavy atom. The molecule has 0 aliphatic heterocycles. The summed E-state index contributed by atoms with van der Waals surface area (Å²) >= 11 is 0. The topological polar surface area (TPSA) is 52.6 Å². The molecule has 0 saturated heterocycles. The molecule has 1 aliphatic carbocycles. The van der Waals surface area contributed by atoms with Crippen LogP contribution in [0, 0.1) is 0 Å². The SMILES string of the molecule is CC(=O)OC(C)(C)C.CC(=O)OC1CCCC1. The van der Waals surface area contributed by atoms with Crippen LogP contribution in [0.15, 0.2) is 0 Å². The maximum Gasteiger partial charge on any atom is 0.303 e. The number of carbonyl (C=O) groups is 2. The maximum absolute atomic E-state index is 10.4. The molecular formula is C13H24O4. The number of esters is 2. The van der Waals surface area contributed by atoms with E-state index in [-0.39, 0.29) is 23.6 Å². The van der Waals surface area contributed by atoms with Gasteiger partial charge in [0.1, 0.15) is 11.7 Å². The predicted octanol–water partition coefficient (Wildman–Crippen LogP) is 2.84. The smallest absolute Gasteiger partial charge is 0.303 e. The molecule has 4 heteroatoms. The van der Waals surface area contributed by atoms with Crippen LogP contribution in [0.25, 0.3) is 0 Å². The highest BCUT2D eigenvalue weighted by molar-refractivity contribution is 5.66. The molecule has 0 bridgehead atoms. The molecule has 1 rings (SSSR count). The third-order valence-electron chi connectivity index (χ3n) is 2.08. The molecular weight excluding hydrogens is 220 g/mol. The molecule has 1 saturated carbocycles. The molecule has 0 spiro atoms. The van der Waals surface area contributed by atoms with Gasteiger partial charge in [-0.25, -0.2) is 0 Å². The zero-order chi connectivity index (χ0) is 13.5. The maximum atomic E-state index is 10.4. The minimum Gasteiger partial charge on any atom is -0.463 e. The van der Waals surface area contributed by atoms with Crippen LogP contribution in [-0.4, -0.2) is 23.6 Å². The van der Waals surface area contributed by atoms with E-state index in [0.717, 1.165) is 12.8 Å². The second-order valence-corrected chi connectivity index (χ2v) is 5.22. The second-order valence-electron chi connectivity index (χ2n) is 5.22. The molecule has 0 heterocycles. The molecule has 4 nitrogen and oxygen atoms in total. The third kappa shape index (κ3) is 11.2. The molecule has 0 aromatic heterocycles. The lowest BCUT2D eigenvalue weighted by Gasteiger charge is -2.17. The van der Waals surface area contributed by atoms with E-state index < -0.39 is 0 Å².